The minimum Gasteiger partial charge on any atom is -0.491 e. The first-order chi connectivity index (χ1) is 24.7. The van der Waals surface area contributed by atoms with E-state index in [0.29, 0.717) is 5.56 Å². The molecule has 1 amide bonds. The van der Waals surface area contributed by atoms with Crippen molar-refractivity contribution >= 4 is 14.2 Å². The molecule has 1 rings (SSSR count). The molecule has 0 heterocycles. The first-order valence-corrected chi connectivity index (χ1v) is 18.0. The number of allylic oxidation sites excluding steroid dienone is 2. The van der Waals surface area contributed by atoms with Gasteiger partial charge in [-0.3, -0.25) is 10.0 Å². The van der Waals surface area contributed by atoms with Gasteiger partial charge >= 0.3 is 47.6 Å². The molecular formula is C31H36F17NO5Si. The first kappa shape index (κ1) is 49.9. The summed E-state index contributed by atoms with van der Waals surface area (Å²) in [4.78, 5) is 10.9. The van der Waals surface area contributed by atoms with Crippen LogP contribution in [-0.2, 0) is 9.22 Å². The number of carbonyl (C=O) groups is 1. The molecule has 1 aromatic rings. The number of nitrogens with one attached hydrogen (secondary N) is 1. The van der Waals surface area contributed by atoms with E-state index in [9.17, 15) is 84.5 Å². The van der Waals surface area contributed by atoms with Crippen molar-refractivity contribution in [2.24, 2.45) is 0 Å². The normalized spacial score (nSPS) is 15.4. The van der Waals surface area contributed by atoms with Gasteiger partial charge in [0.15, 0.2) is 8.32 Å². The van der Waals surface area contributed by atoms with E-state index >= 15 is 0 Å². The lowest BCUT2D eigenvalue weighted by Gasteiger charge is -2.44. The highest BCUT2D eigenvalue weighted by atomic mass is 28.4. The number of alkyl halides is 17. The maximum Gasteiger partial charge on any atom is 0.460 e. The predicted molar refractivity (Wildman–Crippen MR) is 162 cm³/mol. The molecule has 0 radical (unpaired) electrons. The van der Waals surface area contributed by atoms with Crippen molar-refractivity contribution in [2.75, 3.05) is 13.2 Å². The SMILES string of the molecule is CC(C)[Si](CCC(F)(F)C(F)(F)C(F)(F)C(F)(F)C(F)(F)C(F)(F)C(F)(F)C(F)(F)F)(OCCOc1ccc([C@@H](O)C/C=C/C=C/C(=O)NO)cc1)C(C)C. The molecule has 0 unspecified atom stereocenters. The van der Waals surface area contributed by atoms with Gasteiger partial charge in [0, 0.05) is 12.5 Å². The summed E-state index contributed by atoms with van der Waals surface area (Å²) in [6.45, 7) is 4.39. The third-order valence-electron chi connectivity index (χ3n) is 8.52. The van der Waals surface area contributed by atoms with Crippen LogP contribution >= 0.6 is 0 Å². The van der Waals surface area contributed by atoms with Gasteiger partial charge in [-0.2, -0.15) is 74.6 Å². The molecule has 0 fully saturated rings. The number of aliphatic hydroxyl groups excluding tert-OH is 1. The number of ether oxygens (including phenoxy) is 1. The zero-order valence-electron chi connectivity index (χ0n) is 28.9. The van der Waals surface area contributed by atoms with Crippen LogP contribution in [0.15, 0.2) is 48.6 Å². The molecule has 3 N–H and O–H groups in total. The van der Waals surface area contributed by atoms with Crippen molar-refractivity contribution in [1.29, 1.82) is 0 Å². The summed E-state index contributed by atoms with van der Waals surface area (Å²) in [7, 11) is -3.94. The predicted octanol–water partition coefficient (Wildman–Crippen LogP) is 10.3. The minimum absolute atomic E-state index is 0.0879. The molecule has 0 spiro atoms. The van der Waals surface area contributed by atoms with Gasteiger partial charge in [0.25, 0.3) is 5.91 Å². The van der Waals surface area contributed by atoms with Crippen molar-refractivity contribution in [3.8, 4) is 5.75 Å². The quantitative estimate of drug-likeness (QED) is 0.0218. The molecule has 0 aromatic heterocycles. The van der Waals surface area contributed by atoms with E-state index in [-0.39, 0.29) is 18.8 Å². The van der Waals surface area contributed by atoms with E-state index in [1.54, 1.807) is 0 Å². The van der Waals surface area contributed by atoms with E-state index in [1.165, 1.54) is 75.7 Å². The second-order valence-electron chi connectivity index (χ2n) is 12.7. The highest BCUT2D eigenvalue weighted by Gasteiger charge is 2.95. The monoisotopic (exact) mass is 853 g/mol. The van der Waals surface area contributed by atoms with Gasteiger partial charge in [0.1, 0.15) is 12.4 Å². The van der Waals surface area contributed by atoms with Crippen LogP contribution < -0.4 is 10.2 Å². The number of rotatable bonds is 21. The van der Waals surface area contributed by atoms with Gasteiger partial charge in [-0.25, -0.2) is 5.48 Å². The fourth-order valence-corrected chi connectivity index (χ4v) is 9.60. The van der Waals surface area contributed by atoms with Crippen molar-refractivity contribution in [3.63, 3.8) is 0 Å². The molecule has 0 aliphatic heterocycles. The Kier molecular flexibility index (Phi) is 15.9. The second-order valence-corrected chi connectivity index (χ2v) is 17.7. The Morgan fingerprint density at radius 3 is 1.60 bits per heavy atom. The Hall–Kier alpha value is -3.12. The molecule has 318 valence electrons. The minimum atomic E-state index is -8.68. The largest absolute Gasteiger partial charge is 0.491 e. The van der Waals surface area contributed by atoms with Crippen LogP contribution in [0, 0.1) is 0 Å². The van der Waals surface area contributed by atoms with Gasteiger partial charge < -0.3 is 14.3 Å². The van der Waals surface area contributed by atoms with Crippen LogP contribution in [0.1, 0.15) is 52.2 Å². The number of hydrogen-bond donors (Lipinski definition) is 3. The van der Waals surface area contributed by atoms with E-state index < -0.39 is 98.1 Å². The second kappa shape index (κ2) is 17.6. The van der Waals surface area contributed by atoms with Crippen LogP contribution in [0.3, 0.4) is 0 Å². The molecule has 0 saturated heterocycles. The fourth-order valence-electron chi connectivity index (χ4n) is 5.13. The average Bonchev–Trinajstić information content (AvgIpc) is 3.06. The molecule has 0 saturated carbocycles. The van der Waals surface area contributed by atoms with Crippen LogP contribution in [0.2, 0.25) is 17.1 Å². The molecule has 6 nitrogen and oxygen atoms in total. The number of amides is 1. The molecule has 1 atom stereocenters. The number of hydrogen-bond acceptors (Lipinski definition) is 5. The lowest BCUT2D eigenvalue weighted by atomic mass is 9.88. The number of benzene rings is 1. The maximum atomic E-state index is 14.8. The Morgan fingerprint density at radius 2 is 1.16 bits per heavy atom. The summed E-state index contributed by atoms with van der Waals surface area (Å²) in [5.74, 6) is -57.3. The fraction of sp³-hybridized carbons (Fsp3) is 0.645. The zero-order valence-corrected chi connectivity index (χ0v) is 29.9. The molecule has 0 aliphatic rings. The van der Waals surface area contributed by atoms with E-state index in [4.69, 9.17) is 14.4 Å². The summed E-state index contributed by atoms with van der Waals surface area (Å²) in [6, 6.07) is 4.32. The lowest BCUT2D eigenvalue weighted by molar-refractivity contribution is -0.461. The van der Waals surface area contributed by atoms with Crippen molar-refractivity contribution in [1.82, 2.24) is 5.48 Å². The number of carbonyl (C=O) groups excluding carboxylic acids is 1. The average molecular weight is 854 g/mol. The van der Waals surface area contributed by atoms with Gasteiger partial charge in [-0.15, -0.1) is 0 Å². The smallest absolute Gasteiger partial charge is 0.460 e. The Morgan fingerprint density at radius 1 is 0.709 bits per heavy atom. The van der Waals surface area contributed by atoms with Crippen LogP contribution in [0.5, 0.6) is 5.75 Å². The molecule has 0 aliphatic carbocycles. The van der Waals surface area contributed by atoms with Gasteiger partial charge in [-0.1, -0.05) is 58.1 Å². The maximum absolute atomic E-state index is 14.8. The van der Waals surface area contributed by atoms with Crippen LogP contribution in [0.4, 0.5) is 74.6 Å². The van der Waals surface area contributed by atoms with Crippen molar-refractivity contribution in [3.05, 3.63) is 54.1 Å². The Bertz CT molecular complexity index is 1460. The van der Waals surface area contributed by atoms with Gasteiger partial charge in [-0.05, 0) is 41.2 Å². The van der Waals surface area contributed by atoms with Gasteiger partial charge in [0.2, 0.25) is 0 Å². The third-order valence-corrected chi connectivity index (χ3v) is 14.2. The van der Waals surface area contributed by atoms with Crippen LogP contribution in [0.25, 0.3) is 0 Å². The van der Waals surface area contributed by atoms with Crippen molar-refractivity contribution in [2.45, 2.75) is 111 Å². The third kappa shape index (κ3) is 9.89. The summed E-state index contributed by atoms with van der Waals surface area (Å²) in [6.07, 6.45) is -6.11. The van der Waals surface area contributed by atoms with Crippen LogP contribution in [-0.4, -0.2) is 85.4 Å². The summed E-state index contributed by atoms with van der Waals surface area (Å²) < 4.78 is 245. The standard InChI is InChI=1S/C31H36F17NO5Si/c1-18(2)55(19(3)4,54-16-15-53-21-12-10-20(11-13-21)22(50)8-6-5-7-9-23(51)49-52)17-14-24(32,33)25(34,35)26(36,37)27(38,39)28(40,41)29(42,43)30(44,45)31(46,47)48/h5-7,9-13,18-19,22,50,52H,8,14-17H2,1-4H3,(H,49,51)/b6-5+,9-7+/t22-/m0/s1. The highest BCUT2D eigenvalue weighted by Crippen LogP contribution is 2.64. The van der Waals surface area contributed by atoms with E-state index in [0.717, 1.165) is 6.08 Å². The molecule has 0 bridgehead atoms. The summed E-state index contributed by atoms with van der Waals surface area (Å²) in [5, 5.41) is 18.7. The summed E-state index contributed by atoms with van der Waals surface area (Å²) in [5.41, 5.74) is 0.0513. The molecule has 55 heavy (non-hydrogen) atoms. The highest BCUT2D eigenvalue weighted by molar-refractivity contribution is 6.76. The molecule has 1 aromatic carbocycles. The molecular weight excluding hydrogens is 817 g/mol. The lowest BCUT2D eigenvalue weighted by Crippen LogP contribution is -2.74. The number of halogens is 17. The zero-order chi connectivity index (χ0) is 43.3. The van der Waals surface area contributed by atoms with Gasteiger partial charge in [0.05, 0.1) is 12.7 Å². The first-order valence-electron chi connectivity index (χ1n) is 15.7. The topological polar surface area (TPSA) is 88.0 Å². The van der Waals surface area contributed by atoms with E-state index in [1.807, 2.05) is 0 Å². The molecule has 24 heteroatoms. The number of hydroxylamine groups is 1. The van der Waals surface area contributed by atoms with E-state index in [2.05, 4.69) is 0 Å². The Balaban J connectivity index is 3.17. The summed E-state index contributed by atoms with van der Waals surface area (Å²) >= 11 is 0. The Labute approximate surface area is 303 Å². The number of aliphatic hydroxyl groups is 1. The van der Waals surface area contributed by atoms with Crippen molar-refractivity contribution < 1.29 is 98.9 Å².